The van der Waals surface area contributed by atoms with Crippen molar-refractivity contribution in [3.05, 3.63) is 53.6 Å². The van der Waals surface area contributed by atoms with E-state index in [0.29, 0.717) is 24.0 Å². The number of allylic oxidation sites excluding steroid dienone is 4. The Balaban J connectivity index is 1.52. The van der Waals surface area contributed by atoms with Crippen LogP contribution in [0.4, 0.5) is 8.78 Å². The average Bonchev–Trinajstić information content (AvgIpc) is 2.72. The molecule has 0 aromatic heterocycles. The van der Waals surface area contributed by atoms with Gasteiger partial charge in [-0.25, -0.2) is 4.39 Å². The fraction of sp³-hybridized carbons (Fsp3) is 0.600. The van der Waals surface area contributed by atoms with Crippen molar-refractivity contribution in [1.29, 1.82) is 0 Å². The molecule has 3 rings (SSSR count). The second kappa shape index (κ2) is 10.2. The molecular weight excluding hydrogens is 354 g/mol. The first kappa shape index (κ1) is 21.1. The molecule has 0 aliphatic heterocycles. The summed E-state index contributed by atoms with van der Waals surface area (Å²) in [5, 5.41) is 0. The number of benzene rings is 1. The smallest absolute Gasteiger partial charge is 0.200 e. The van der Waals surface area contributed by atoms with Crippen molar-refractivity contribution in [3.8, 4) is 5.75 Å². The lowest BCUT2D eigenvalue weighted by Crippen LogP contribution is -2.14. The van der Waals surface area contributed by atoms with Crippen molar-refractivity contribution in [2.24, 2.45) is 17.8 Å². The number of rotatable bonds is 7. The molecule has 1 saturated carbocycles. The largest absolute Gasteiger partial charge is 0.491 e. The van der Waals surface area contributed by atoms with Crippen molar-refractivity contribution in [2.75, 3.05) is 6.61 Å². The maximum Gasteiger partial charge on any atom is 0.200 e. The van der Waals surface area contributed by atoms with Gasteiger partial charge in [0.25, 0.3) is 0 Å². The topological polar surface area (TPSA) is 9.23 Å². The number of hydrogen-bond acceptors (Lipinski definition) is 1. The van der Waals surface area contributed by atoms with Crippen LogP contribution in [-0.4, -0.2) is 6.61 Å². The van der Waals surface area contributed by atoms with E-state index >= 15 is 0 Å². The molecule has 2 unspecified atom stereocenters. The van der Waals surface area contributed by atoms with Gasteiger partial charge in [-0.1, -0.05) is 43.7 Å². The quantitative estimate of drug-likeness (QED) is 0.438. The van der Waals surface area contributed by atoms with E-state index in [2.05, 4.69) is 31.2 Å². The Morgan fingerprint density at radius 1 is 0.929 bits per heavy atom. The lowest BCUT2D eigenvalue weighted by atomic mass is 9.77. The predicted octanol–water partition coefficient (Wildman–Crippen LogP) is 7.58. The fourth-order valence-electron chi connectivity index (χ4n) is 4.72. The minimum absolute atomic E-state index is 0.0158. The van der Waals surface area contributed by atoms with Gasteiger partial charge in [-0.05, 0) is 87.2 Å². The summed E-state index contributed by atoms with van der Waals surface area (Å²) < 4.78 is 33.8. The maximum absolute atomic E-state index is 14.5. The van der Waals surface area contributed by atoms with Crippen LogP contribution in [0.15, 0.2) is 36.4 Å². The highest BCUT2D eigenvalue weighted by atomic mass is 19.2. The van der Waals surface area contributed by atoms with Crippen LogP contribution < -0.4 is 4.74 Å². The molecule has 1 nitrogen and oxygen atoms in total. The Kier molecular flexibility index (Phi) is 7.70. The van der Waals surface area contributed by atoms with E-state index in [-0.39, 0.29) is 11.7 Å². The first-order valence-corrected chi connectivity index (χ1v) is 11.1. The minimum Gasteiger partial charge on any atom is -0.491 e. The van der Waals surface area contributed by atoms with Crippen LogP contribution in [0.5, 0.6) is 5.75 Å². The lowest BCUT2D eigenvalue weighted by molar-refractivity contribution is 0.310. The van der Waals surface area contributed by atoms with Crippen molar-refractivity contribution in [1.82, 2.24) is 0 Å². The highest BCUT2D eigenvalue weighted by Crippen LogP contribution is 2.39. The van der Waals surface area contributed by atoms with E-state index in [1.807, 2.05) is 0 Å². The summed E-state index contributed by atoms with van der Waals surface area (Å²) >= 11 is 0. The summed E-state index contributed by atoms with van der Waals surface area (Å²) in [6, 6.07) is 3.29. The van der Waals surface area contributed by atoms with Crippen LogP contribution in [0.3, 0.4) is 0 Å². The van der Waals surface area contributed by atoms with Crippen molar-refractivity contribution < 1.29 is 13.5 Å². The number of hydrogen-bond donors (Lipinski definition) is 0. The first-order chi connectivity index (χ1) is 13.6. The Hall–Kier alpha value is -1.64. The van der Waals surface area contributed by atoms with Gasteiger partial charge in [0, 0.05) is 0 Å². The van der Waals surface area contributed by atoms with E-state index in [0.717, 1.165) is 31.6 Å². The van der Waals surface area contributed by atoms with Gasteiger partial charge < -0.3 is 4.74 Å². The lowest BCUT2D eigenvalue weighted by Gasteiger charge is -2.28. The van der Waals surface area contributed by atoms with Gasteiger partial charge in [-0.3, -0.25) is 0 Å². The van der Waals surface area contributed by atoms with E-state index in [1.54, 1.807) is 19.1 Å². The van der Waals surface area contributed by atoms with E-state index in [9.17, 15) is 8.78 Å². The van der Waals surface area contributed by atoms with Gasteiger partial charge in [-0.15, -0.1) is 0 Å². The van der Waals surface area contributed by atoms with Crippen molar-refractivity contribution in [2.45, 2.75) is 71.1 Å². The molecule has 2 atom stereocenters. The fourth-order valence-corrected chi connectivity index (χ4v) is 4.72. The molecule has 0 bridgehead atoms. The molecule has 0 radical (unpaired) electrons. The normalized spacial score (nSPS) is 28.0. The third kappa shape index (κ3) is 5.24. The average molecular weight is 389 g/mol. The summed E-state index contributed by atoms with van der Waals surface area (Å²) in [6.07, 6.45) is 18.6. The summed E-state index contributed by atoms with van der Waals surface area (Å²) in [6.45, 7) is 4.36. The minimum atomic E-state index is -0.841. The maximum atomic E-state index is 14.5. The standard InChI is InChI=1S/C25H34F2O/c1-3-5-18-6-8-19(9-7-18)10-11-20-12-14-21(15-13-20)22-16-17-23(28-4-2)25(27)24(22)26/h6,8,10-11,16-21H,3-5,7,9,12-15H2,1-2H3/b11-10+. The van der Waals surface area contributed by atoms with Gasteiger partial charge in [0.2, 0.25) is 5.82 Å². The third-order valence-corrected chi connectivity index (χ3v) is 6.38. The van der Waals surface area contributed by atoms with Gasteiger partial charge in [0.1, 0.15) is 0 Å². The molecule has 0 saturated heterocycles. The third-order valence-electron chi connectivity index (χ3n) is 6.38. The highest BCUT2D eigenvalue weighted by Gasteiger charge is 2.26. The van der Waals surface area contributed by atoms with Crippen LogP contribution in [-0.2, 0) is 0 Å². The van der Waals surface area contributed by atoms with Crippen molar-refractivity contribution >= 4 is 0 Å². The zero-order valence-corrected chi connectivity index (χ0v) is 17.3. The highest BCUT2D eigenvalue weighted by molar-refractivity contribution is 5.33. The summed E-state index contributed by atoms with van der Waals surface area (Å²) in [5.41, 5.74) is 0.514. The Morgan fingerprint density at radius 2 is 1.71 bits per heavy atom. The van der Waals surface area contributed by atoms with Crippen LogP contribution in [0, 0.1) is 29.4 Å². The van der Waals surface area contributed by atoms with Crippen LogP contribution >= 0.6 is 0 Å². The molecule has 1 fully saturated rings. The summed E-state index contributed by atoms with van der Waals surface area (Å²) in [7, 11) is 0. The van der Waals surface area contributed by atoms with Gasteiger partial charge in [0.05, 0.1) is 6.61 Å². The predicted molar refractivity (Wildman–Crippen MR) is 112 cm³/mol. The molecular formula is C25H34F2O. The van der Waals surface area contributed by atoms with E-state index < -0.39 is 11.6 Å². The molecule has 0 spiro atoms. The number of ether oxygens (including phenoxy) is 1. The Bertz CT molecular complexity index is 686. The second-order valence-electron chi connectivity index (χ2n) is 8.39. The van der Waals surface area contributed by atoms with Gasteiger partial charge in [0.15, 0.2) is 11.6 Å². The zero-order chi connectivity index (χ0) is 19.9. The SMILES string of the molecule is CCCC1C=CC(/C=C/C2CCC(c3ccc(OCC)c(F)c3F)CC2)CC1. The van der Waals surface area contributed by atoms with Crippen LogP contribution in [0.2, 0.25) is 0 Å². The van der Waals surface area contributed by atoms with Gasteiger partial charge >= 0.3 is 0 Å². The van der Waals surface area contributed by atoms with Crippen LogP contribution in [0.1, 0.15) is 76.7 Å². The molecule has 0 N–H and O–H groups in total. The Labute approximate surface area is 168 Å². The molecule has 0 heterocycles. The van der Waals surface area contributed by atoms with Crippen molar-refractivity contribution in [3.63, 3.8) is 0 Å². The first-order valence-electron chi connectivity index (χ1n) is 11.1. The zero-order valence-electron chi connectivity index (χ0n) is 17.3. The molecule has 2 aliphatic carbocycles. The second-order valence-corrected chi connectivity index (χ2v) is 8.39. The van der Waals surface area contributed by atoms with E-state index in [1.165, 1.54) is 25.7 Å². The Morgan fingerprint density at radius 3 is 2.36 bits per heavy atom. The molecule has 0 amide bonds. The van der Waals surface area contributed by atoms with E-state index in [4.69, 9.17) is 4.74 Å². The molecule has 1 aromatic rings. The molecule has 154 valence electrons. The molecule has 1 aromatic carbocycles. The summed E-state index contributed by atoms with van der Waals surface area (Å²) in [5.74, 6) is 0.471. The monoisotopic (exact) mass is 388 g/mol. The molecule has 28 heavy (non-hydrogen) atoms. The van der Waals surface area contributed by atoms with Crippen LogP contribution in [0.25, 0.3) is 0 Å². The summed E-state index contributed by atoms with van der Waals surface area (Å²) in [4.78, 5) is 0. The van der Waals surface area contributed by atoms with Gasteiger partial charge in [-0.2, -0.15) is 4.39 Å². The molecule has 3 heteroatoms. The number of halogens is 2. The molecule has 2 aliphatic rings.